The Bertz CT molecular complexity index is 4350. The minimum absolute atomic E-state index is 0.621. The van der Waals surface area contributed by atoms with Crippen LogP contribution in [-0.2, 0) is 0 Å². The first-order valence-corrected chi connectivity index (χ1v) is 25.3. The molecule has 75 heavy (non-hydrogen) atoms. The molecule has 0 spiro atoms. The van der Waals surface area contributed by atoms with Gasteiger partial charge < -0.3 is 13.7 Å². The monoisotopic (exact) mass is 957 g/mol. The molecule has 350 valence electrons. The first-order valence-electron chi connectivity index (χ1n) is 25.3. The number of benzene rings is 10. The second-order valence-electron chi connectivity index (χ2n) is 19.1. The SMILES string of the molecule is c1ccc(-c2nc(-c3ccccc3)nc(-c3ccc(-c4ccncc4-c4ccc(-n5c6ccc(-n7c8ccccc8c8ccccc87)cc6c6cc(-n7c8ccccc8c8ccccc87)ccc65)cc4)cc3)n2)cc1. The van der Waals surface area contributed by atoms with Crippen LogP contribution in [0.4, 0.5) is 0 Å². The van der Waals surface area contributed by atoms with Crippen molar-refractivity contribution in [2.45, 2.75) is 0 Å². The molecule has 0 aliphatic heterocycles. The number of fused-ring (bicyclic) bond motifs is 9. The van der Waals surface area contributed by atoms with Gasteiger partial charge in [-0.05, 0) is 95.6 Å². The summed E-state index contributed by atoms with van der Waals surface area (Å²) in [5.74, 6) is 1.89. The molecule has 0 unspecified atom stereocenters. The molecule has 7 heteroatoms. The Morgan fingerprint density at radius 2 is 0.573 bits per heavy atom. The quantitative estimate of drug-likeness (QED) is 0.152. The fourth-order valence-electron chi connectivity index (χ4n) is 11.4. The van der Waals surface area contributed by atoms with Crippen molar-refractivity contribution < 1.29 is 0 Å². The van der Waals surface area contributed by atoms with Gasteiger partial charge >= 0.3 is 0 Å². The van der Waals surface area contributed by atoms with E-state index in [0.29, 0.717) is 17.5 Å². The van der Waals surface area contributed by atoms with E-state index in [1.165, 1.54) is 54.4 Å². The number of para-hydroxylation sites is 4. The van der Waals surface area contributed by atoms with Crippen molar-refractivity contribution in [1.82, 2.24) is 33.6 Å². The van der Waals surface area contributed by atoms with E-state index in [9.17, 15) is 0 Å². The number of nitrogens with zero attached hydrogens (tertiary/aromatic N) is 7. The summed E-state index contributed by atoms with van der Waals surface area (Å²) in [7, 11) is 0. The summed E-state index contributed by atoms with van der Waals surface area (Å²) in [5.41, 5.74) is 17.4. The zero-order valence-electron chi connectivity index (χ0n) is 40.5. The molecule has 0 saturated carbocycles. The van der Waals surface area contributed by atoms with Crippen molar-refractivity contribution in [3.63, 3.8) is 0 Å². The summed E-state index contributed by atoms with van der Waals surface area (Å²) in [4.78, 5) is 19.5. The number of aromatic nitrogens is 7. The molecule has 0 atom stereocenters. The molecular weight excluding hydrogens is 915 g/mol. The third kappa shape index (κ3) is 6.97. The van der Waals surface area contributed by atoms with E-state index in [0.717, 1.165) is 67.0 Å². The van der Waals surface area contributed by atoms with E-state index < -0.39 is 0 Å². The molecule has 0 radical (unpaired) electrons. The molecular formula is C68H43N7. The fraction of sp³-hybridized carbons (Fsp3) is 0. The van der Waals surface area contributed by atoms with Crippen molar-refractivity contribution in [3.8, 4) is 73.5 Å². The van der Waals surface area contributed by atoms with Crippen LogP contribution in [0, 0.1) is 0 Å². The summed E-state index contributed by atoms with van der Waals surface area (Å²) in [5, 5.41) is 7.33. The minimum atomic E-state index is 0.621. The topological polar surface area (TPSA) is 66.3 Å². The Balaban J connectivity index is 0.840. The zero-order valence-corrected chi connectivity index (χ0v) is 40.5. The van der Waals surface area contributed by atoms with Crippen molar-refractivity contribution in [2.75, 3.05) is 0 Å². The van der Waals surface area contributed by atoms with E-state index in [4.69, 9.17) is 15.0 Å². The van der Waals surface area contributed by atoms with Crippen LogP contribution in [-0.4, -0.2) is 33.6 Å². The van der Waals surface area contributed by atoms with E-state index in [1.54, 1.807) is 0 Å². The van der Waals surface area contributed by atoms with Crippen LogP contribution in [0.1, 0.15) is 0 Å². The lowest BCUT2D eigenvalue weighted by Gasteiger charge is -2.13. The average Bonchev–Trinajstić information content (AvgIpc) is 4.15. The second kappa shape index (κ2) is 17.2. The third-order valence-electron chi connectivity index (χ3n) is 14.8. The first kappa shape index (κ1) is 42.4. The van der Waals surface area contributed by atoms with Gasteiger partial charge in [0.05, 0.1) is 33.1 Å². The molecule has 0 fully saturated rings. The Morgan fingerprint density at radius 1 is 0.240 bits per heavy atom. The maximum Gasteiger partial charge on any atom is 0.164 e. The maximum absolute atomic E-state index is 4.97. The van der Waals surface area contributed by atoms with Crippen LogP contribution in [0.15, 0.2) is 261 Å². The van der Waals surface area contributed by atoms with E-state index >= 15 is 0 Å². The molecule has 0 aliphatic carbocycles. The largest absolute Gasteiger partial charge is 0.309 e. The van der Waals surface area contributed by atoms with Crippen LogP contribution in [0.2, 0.25) is 0 Å². The number of hydrogen-bond donors (Lipinski definition) is 0. The van der Waals surface area contributed by atoms with E-state index in [-0.39, 0.29) is 0 Å². The predicted octanol–water partition coefficient (Wildman–Crippen LogP) is 16.9. The lowest BCUT2D eigenvalue weighted by molar-refractivity contribution is 1.07. The molecule has 0 amide bonds. The van der Waals surface area contributed by atoms with Crippen molar-refractivity contribution in [2.24, 2.45) is 0 Å². The Hall–Kier alpha value is -10.2. The Labute approximate surface area is 431 Å². The van der Waals surface area contributed by atoms with Crippen LogP contribution < -0.4 is 0 Å². The molecule has 15 aromatic rings. The average molecular weight is 958 g/mol. The van der Waals surface area contributed by atoms with Gasteiger partial charge in [-0.25, -0.2) is 15.0 Å². The molecule has 7 nitrogen and oxygen atoms in total. The van der Waals surface area contributed by atoms with Gasteiger partial charge in [-0.2, -0.15) is 0 Å². The summed E-state index contributed by atoms with van der Waals surface area (Å²) < 4.78 is 7.24. The summed E-state index contributed by atoms with van der Waals surface area (Å²) in [6.45, 7) is 0. The predicted molar refractivity (Wildman–Crippen MR) is 308 cm³/mol. The molecule has 5 heterocycles. The molecule has 5 aromatic heterocycles. The summed E-state index contributed by atoms with van der Waals surface area (Å²) in [6, 6.07) is 88.5. The Morgan fingerprint density at radius 3 is 1.03 bits per heavy atom. The standard InChI is InChI=1S/C68H43N7/c1-3-15-46(16-4-1)66-70-67(47-17-5-2-6-18-47)72-68(71-66)48-29-27-44(28-30-48)52-39-40-69-43-59(52)45-31-33-49(34-32-45)73-64-37-35-50(74-60-23-11-7-19-53(60)54-20-8-12-24-61(54)74)41-57(64)58-42-51(36-38-65(58)73)75-62-25-13-9-21-55(62)56-22-10-14-26-63(56)75/h1-43H. The minimum Gasteiger partial charge on any atom is -0.309 e. The van der Waals surface area contributed by atoms with Crippen molar-refractivity contribution in [1.29, 1.82) is 0 Å². The summed E-state index contributed by atoms with van der Waals surface area (Å²) in [6.07, 6.45) is 3.83. The molecule has 0 bridgehead atoms. The molecule has 15 rings (SSSR count). The third-order valence-corrected chi connectivity index (χ3v) is 14.8. The highest BCUT2D eigenvalue weighted by Crippen LogP contribution is 2.41. The second-order valence-corrected chi connectivity index (χ2v) is 19.1. The van der Waals surface area contributed by atoms with Crippen LogP contribution >= 0.6 is 0 Å². The zero-order chi connectivity index (χ0) is 49.4. The van der Waals surface area contributed by atoms with E-state index in [2.05, 4.69) is 207 Å². The van der Waals surface area contributed by atoms with Crippen LogP contribution in [0.3, 0.4) is 0 Å². The van der Waals surface area contributed by atoms with E-state index in [1.807, 2.05) is 73.1 Å². The van der Waals surface area contributed by atoms with Crippen molar-refractivity contribution >= 4 is 65.4 Å². The van der Waals surface area contributed by atoms with Crippen LogP contribution in [0.25, 0.3) is 139 Å². The fourth-order valence-corrected chi connectivity index (χ4v) is 11.4. The number of hydrogen-bond acceptors (Lipinski definition) is 4. The number of pyridine rings is 1. The highest BCUT2D eigenvalue weighted by molar-refractivity contribution is 6.14. The van der Waals surface area contributed by atoms with Crippen LogP contribution in [0.5, 0.6) is 0 Å². The normalized spacial score (nSPS) is 11.7. The smallest absolute Gasteiger partial charge is 0.164 e. The highest BCUT2D eigenvalue weighted by atomic mass is 15.0. The van der Waals surface area contributed by atoms with Gasteiger partial charge in [0.15, 0.2) is 17.5 Å². The lowest BCUT2D eigenvalue weighted by Crippen LogP contribution is -2.00. The van der Waals surface area contributed by atoms with Gasteiger partial charge in [-0.3, -0.25) is 4.98 Å². The maximum atomic E-state index is 4.97. The summed E-state index contributed by atoms with van der Waals surface area (Å²) >= 11 is 0. The molecule has 10 aromatic carbocycles. The molecule has 0 N–H and O–H groups in total. The van der Waals surface area contributed by atoms with Crippen molar-refractivity contribution in [3.05, 3.63) is 261 Å². The molecule has 0 saturated heterocycles. The van der Waals surface area contributed by atoms with Gasteiger partial charge in [-0.1, -0.05) is 170 Å². The number of rotatable bonds is 8. The lowest BCUT2D eigenvalue weighted by atomic mass is 9.95. The van der Waals surface area contributed by atoms with Gasteiger partial charge in [-0.15, -0.1) is 0 Å². The van der Waals surface area contributed by atoms with Gasteiger partial charge in [0.1, 0.15) is 0 Å². The Kier molecular flexibility index (Phi) is 9.75. The molecule has 0 aliphatic rings. The van der Waals surface area contributed by atoms with Gasteiger partial charge in [0.2, 0.25) is 0 Å². The van der Waals surface area contributed by atoms with Gasteiger partial charge in [0, 0.05) is 84.0 Å². The highest BCUT2D eigenvalue weighted by Gasteiger charge is 2.20. The first-order chi connectivity index (χ1) is 37.2. The van der Waals surface area contributed by atoms with Gasteiger partial charge in [0.25, 0.3) is 0 Å².